The lowest BCUT2D eigenvalue weighted by molar-refractivity contribution is -0.122. The zero-order chi connectivity index (χ0) is 13.4. The number of hydrogen-bond donors (Lipinski definition) is 3. The van der Waals surface area contributed by atoms with Gasteiger partial charge in [-0.1, -0.05) is 18.2 Å². The fraction of sp³-hybridized carbons (Fsp3) is 0.250. The number of likely N-dealkylation sites (N-methyl/N-ethyl adjacent to an activating group) is 1. The molecule has 0 aliphatic carbocycles. The van der Waals surface area contributed by atoms with Gasteiger partial charge in [-0.25, -0.2) is 4.79 Å². The summed E-state index contributed by atoms with van der Waals surface area (Å²) >= 11 is 0. The van der Waals surface area contributed by atoms with Gasteiger partial charge in [-0.15, -0.1) is 0 Å². The monoisotopic (exact) mass is 249 g/mol. The first-order valence-corrected chi connectivity index (χ1v) is 5.41. The number of amides is 2. The van der Waals surface area contributed by atoms with Gasteiger partial charge in [0.1, 0.15) is 6.04 Å². The Balaban J connectivity index is 2.59. The van der Waals surface area contributed by atoms with Crippen molar-refractivity contribution in [3.8, 4) is 0 Å². The third-order valence-electron chi connectivity index (χ3n) is 2.23. The number of hydrogen-bond acceptors (Lipinski definition) is 3. The molecule has 96 valence electrons. The number of carboxylic acid groups (broad SMARTS) is 1. The number of carbonyl (C=O) groups is 2. The summed E-state index contributed by atoms with van der Waals surface area (Å²) in [5.41, 5.74) is 0.892. The number of nitrogens with zero attached hydrogens (tertiary/aromatic N) is 1. The lowest BCUT2D eigenvalue weighted by Crippen LogP contribution is -2.44. The highest BCUT2D eigenvalue weighted by Gasteiger charge is 2.17. The van der Waals surface area contributed by atoms with Crippen LogP contribution < -0.4 is 10.6 Å². The van der Waals surface area contributed by atoms with Gasteiger partial charge in [-0.05, 0) is 18.1 Å². The van der Waals surface area contributed by atoms with E-state index >= 15 is 0 Å². The molecule has 1 heterocycles. The van der Waals surface area contributed by atoms with Crippen molar-refractivity contribution in [3.63, 3.8) is 0 Å². The topological polar surface area (TPSA) is 91.3 Å². The molecule has 1 unspecified atom stereocenters. The molecular weight excluding hydrogens is 234 g/mol. The third kappa shape index (κ3) is 4.65. The fourth-order valence-corrected chi connectivity index (χ4v) is 1.37. The van der Waals surface area contributed by atoms with E-state index in [0.717, 1.165) is 5.56 Å². The molecule has 18 heavy (non-hydrogen) atoms. The SMILES string of the molecule is CNC(=O)C(CC=Cc1cccnc1)NC(=O)O. The fourth-order valence-electron chi connectivity index (χ4n) is 1.37. The molecule has 2 amide bonds. The first kappa shape index (κ1) is 13.7. The van der Waals surface area contributed by atoms with E-state index in [9.17, 15) is 9.59 Å². The summed E-state index contributed by atoms with van der Waals surface area (Å²) in [4.78, 5) is 25.9. The molecule has 0 bridgehead atoms. The molecule has 6 heteroatoms. The summed E-state index contributed by atoms with van der Waals surface area (Å²) in [6.07, 6.45) is 5.91. The van der Waals surface area contributed by atoms with Gasteiger partial charge in [0.2, 0.25) is 5.91 Å². The van der Waals surface area contributed by atoms with Crippen LogP contribution in [0, 0.1) is 0 Å². The van der Waals surface area contributed by atoms with Gasteiger partial charge in [0.25, 0.3) is 0 Å². The minimum absolute atomic E-state index is 0.279. The van der Waals surface area contributed by atoms with Gasteiger partial charge in [0, 0.05) is 19.4 Å². The molecule has 0 radical (unpaired) electrons. The van der Waals surface area contributed by atoms with Crippen molar-refractivity contribution in [1.29, 1.82) is 0 Å². The Hall–Kier alpha value is -2.37. The summed E-state index contributed by atoms with van der Waals surface area (Å²) in [6.45, 7) is 0. The zero-order valence-corrected chi connectivity index (χ0v) is 9.96. The summed E-state index contributed by atoms with van der Waals surface area (Å²) < 4.78 is 0. The van der Waals surface area contributed by atoms with Crippen molar-refractivity contribution in [2.45, 2.75) is 12.5 Å². The van der Waals surface area contributed by atoms with Crippen LogP contribution in [0.15, 0.2) is 30.6 Å². The lowest BCUT2D eigenvalue weighted by Gasteiger charge is -2.12. The maximum atomic E-state index is 11.4. The second kappa shape index (κ2) is 7.05. The standard InChI is InChI=1S/C12H15N3O3/c1-13-11(16)10(15-12(17)18)6-2-4-9-5-3-7-14-8-9/h2-5,7-8,10,15H,6H2,1H3,(H,13,16)(H,17,18). The van der Waals surface area contributed by atoms with Crippen molar-refractivity contribution in [1.82, 2.24) is 15.6 Å². The van der Waals surface area contributed by atoms with E-state index in [-0.39, 0.29) is 12.3 Å². The Morgan fingerprint density at radius 1 is 1.56 bits per heavy atom. The maximum absolute atomic E-state index is 11.4. The average Bonchev–Trinajstić information content (AvgIpc) is 2.37. The van der Waals surface area contributed by atoms with Crippen LogP contribution in [0.4, 0.5) is 4.79 Å². The van der Waals surface area contributed by atoms with E-state index in [1.165, 1.54) is 7.05 Å². The van der Waals surface area contributed by atoms with E-state index in [1.54, 1.807) is 30.6 Å². The van der Waals surface area contributed by atoms with Crippen LogP contribution in [0.5, 0.6) is 0 Å². The van der Waals surface area contributed by atoms with Crippen LogP contribution in [0.3, 0.4) is 0 Å². The number of pyridine rings is 1. The van der Waals surface area contributed by atoms with Gasteiger partial charge in [-0.3, -0.25) is 9.78 Å². The van der Waals surface area contributed by atoms with Crippen molar-refractivity contribution < 1.29 is 14.7 Å². The molecule has 1 atom stereocenters. The first-order chi connectivity index (χ1) is 8.63. The molecule has 1 aromatic rings. The second-order valence-corrected chi connectivity index (χ2v) is 3.54. The zero-order valence-electron chi connectivity index (χ0n) is 9.96. The third-order valence-corrected chi connectivity index (χ3v) is 2.23. The maximum Gasteiger partial charge on any atom is 0.405 e. The van der Waals surface area contributed by atoms with Crippen LogP contribution in [0.2, 0.25) is 0 Å². The quantitative estimate of drug-likeness (QED) is 0.722. The highest BCUT2D eigenvalue weighted by Crippen LogP contribution is 2.02. The van der Waals surface area contributed by atoms with Gasteiger partial charge in [-0.2, -0.15) is 0 Å². The molecule has 3 N–H and O–H groups in total. The van der Waals surface area contributed by atoms with Crippen molar-refractivity contribution in [2.75, 3.05) is 7.05 Å². The summed E-state index contributed by atoms with van der Waals surface area (Å²) in [5.74, 6) is -0.367. The van der Waals surface area contributed by atoms with Crippen LogP contribution in [-0.2, 0) is 4.79 Å². The lowest BCUT2D eigenvalue weighted by atomic mass is 10.1. The Morgan fingerprint density at radius 3 is 2.89 bits per heavy atom. The van der Waals surface area contributed by atoms with E-state index in [1.807, 2.05) is 6.07 Å². The predicted octanol–water partition coefficient (Wildman–Crippen LogP) is 0.867. The number of rotatable bonds is 5. The van der Waals surface area contributed by atoms with E-state index < -0.39 is 12.1 Å². The van der Waals surface area contributed by atoms with Gasteiger partial charge < -0.3 is 15.7 Å². The van der Waals surface area contributed by atoms with E-state index in [4.69, 9.17) is 5.11 Å². The van der Waals surface area contributed by atoms with Crippen LogP contribution in [-0.4, -0.2) is 35.2 Å². The van der Waals surface area contributed by atoms with Gasteiger partial charge in [0.05, 0.1) is 0 Å². The smallest absolute Gasteiger partial charge is 0.405 e. The molecule has 1 aromatic heterocycles. The van der Waals surface area contributed by atoms with Gasteiger partial charge in [0.15, 0.2) is 0 Å². The molecule has 6 nitrogen and oxygen atoms in total. The highest BCUT2D eigenvalue weighted by molar-refractivity contribution is 5.85. The molecule has 0 spiro atoms. The predicted molar refractivity (Wildman–Crippen MR) is 66.9 cm³/mol. The molecule has 1 rings (SSSR count). The molecule has 0 saturated carbocycles. The van der Waals surface area contributed by atoms with Crippen LogP contribution >= 0.6 is 0 Å². The number of nitrogens with one attached hydrogen (secondary N) is 2. The Bertz CT molecular complexity index is 431. The van der Waals surface area contributed by atoms with E-state index in [0.29, 0.717) is 0 Å². The van der Waals surface area contributed by atoms with Crippen molar-refractivity contribution in [2.24, 2.45) is 0 Å². The number of carbonyl (C=O) groups excluding carboxylic acids is 1. The summed E-state index contributed by atoms with van der Waals surface area (Å²) in [5, 5.41) is 13.2. The molecule has 0 fully saturated rings. The molecule has 0 aliphatic heterocycles. The minimum atomic E-state index is -1.22. The molecule has 0 saturated heterocycles. The van der Waals surface area contributed by atoms with Crippen molar-refractivity contribution >= 4 is 18.1 Å². The summed E-state index contributed by atoms with van der Waals surface area (Å²) in [7, 11) is 1.46. The van der Waals surface area contributed by atoms with Crippen LogP contribution in [0.1, 0.15) is 12.0 Å². The first-order valence-electron chi connectivity index (χ1n) is 5.41. The second-order valence-electron chi connectivity index (χ2n) is 3.54. The normalized spacial score (nSPS) is 12.1. The Kier molecular flexibility index (Phi) is 5.37. The van der Waals surface area contributed by atoms with Gasteiger partial charge >= 0.3 is 6.09 Å². The molecule has 0 aliphatic rings. The highest BCUT2D eigenvalue weighted by atomic mass is 16.4. The Morgan fingerprint density at radius 2 is 2.33 bits per heavy atom. The molecule has 0 aromatic carbocycles. The Labute approximate surface area is 105 Å². The van der Waals surface area contributed by atoms with Crippen molar-refractivity contribution in [3.05, 3.63) is 36.2 Å². The minimum Gasteiger partial charge on any atom is -0.465 e. The molecular formula is C12H15N3O3. The average molecular weight is 249 g/mol. The number of aromatic nitrogens is 1. The van der Waals surface area contributed by atoms with E-state index in [2.05, 4.69) is 15.6 Å². The summed E-state index contributed by atoms with van der Waals surface area (Å²) in [6, 6.07) is 2.87. The van der Waals surface area contributed by atoms with Crippen LogP contribution in [0.25, 0.3) is 6.08 Å². The largest absolute Gasteiger partial charge is 0.465 e.